The van der Waals surface area contributed by atoms with Crippen LogP contribution in [0.2, 0.25) is 0 Å². The molecule has 0 bridgehead atoms. The second-order valence-corrected chi connectivity index (χ2v) is 6.41. The van der Waals surface area contributed by atoms with Gasteiger partial charge < -0.3 is 29.3 Å². The first-order valence-corrected chi connectivity index (χ1v) is 8.45. The maximum Gasteiger partial charge on any atom is 0.511 e. The Morgan fingerprint density at radius 3 is 2.36 bits per heavy atom. The first kappa shape index (κ1) is 20.0. The number of nitrogens with zero attached hydrogens (tertiary/aromatic N) is 3. The van der Waals surface area contributed by atoms with Crippen LogP contribution in [0.3, 0.4) is 0 Å². The fraction of sp³-hybridized carbons (Fsp3) is 0.412. The van der Waals surface area contributed by atoms with Crippen LogP contribution in [0.1, 0.15) is 0 Å². The van der Waals surface area contributed by atoms with Gasteiger partial charge in [0.05, 0.1) is 23.7 Å². The molecule has 28 heavy (non-hydrogen) atoms. The maximum atomic E-state index is 15.3. The van der Waals surface area contributed by atoms with Crippen LogP contribution in [0.25, 0.3) is 10.9 Å². The van der Waals surface area contributed by atoms with Gasteiger partial charge in [0.1, 0.15) is 5.69 Å². The van der Waals surface area contributed by atoms with Gasteiger partial charge in [-0.05, 0) is 7.05 Å². The zero-order valence-electron chi connectivity index (χ0n) is 14.9. The molecule has 0 saturated carbocycles. The molecule has 1 saturated heterocycles. The van der Waals surface area contributed by atoms with E-state index in [0.717, 1.165) is 10.8 Å². The van der Waals surface area contributed by atoms with Crippen molar-refractivity contribution in [2.24, 2.45) is 0 Å². The monoisotopic (exact) mass is 401 g/mol. The number of carboxylic acid groups (broad SMARTS) is 1. The summed E-state index contributed by atoms with van der Waals surface area (Å²) in [4.78, 5) is 26.5. The molecule has 1 aliphatic heterocycles. The molecule has 2 aromatic rings. The Morgan fingerprint density at radius 1 is 1.14 bits per heavy atom. The van der Waals surface area contributed by atoms with Crippen molar-refractivity contribution in [2.75, 3.05) is 44.7 Å². The van der Waals surface area contributed by atoms with E-state index in [1.807, 2.05) is 11.9 Å². The number of pyridine rings is 1. The molecule has 3 rings (SSSR count). The van der Waals surface area contributed by atoms with Gasteiger partial charge in [-0.25, -0.2) is 18.0 Å². The number of halogens is 3. The van der Waals surface area contributed by atoms with Crippen LogP contribution in [-0.4, -0.2) is 65.7 Å². The molecular formula is C17H18F3N3O5. The average molecular weight is 401 g/mol. The molecule has 2 heterocycles. The zero-order valence-corrected chi connectivity index (χ0v) is 14.9. The van der Waals surface area contributed by atoms with Gasteiger partial charge in [-0.2, -0.15) is 0 Å². The summed E-state index contributed by atoms with van der Waals surface area (Å²) in [5, 5.41) is 17.0. The first-order chi connectivity index (χ1) is 13.3. The molecule has 152 valence electrons. The van der Waals surface area contributed by atoms with Crippen molar-refractivity contribution in [3.63, 3.8) is 0 Å². The summed E-state index contributed by atoms with van der Waals surface area (Å²) < 4.78 is 50.1. The quantitative estimate of drug-likeness (QED) is 0.588. The van der Waals surface area contributed by atoms with Crippen LogP contribution in [-0.2, 0) is 6.54 Å². The standard InChI is InChI=1S/C17H18F3N3O5/c1-21-2-4-22(5-3-21)15-12(19)11(18)10-14(13(15)20)23(6-7-24)8-9(16(10)25)28-17(26)27/h8,24H,2-7H2,1H3,(H,26,27). The van der Waals surface area contributed by atoms with Crippen LogP contribution in [0.5, 0.6) is 5.75 Å². The number of aliphatic hydroxyl groups excluding tert-OH is 1. The lowest BCUT2D eigenvalue weighted by Gasteiger charge is -2.34. The van der Waals surface area contributed by atoms with Gasteiger partial charge >= 0.3 is 6.16 Å². The Morgan fingerprint density at radius 2 is 1.79 bits per heavy atom. The van der Waals surface area contributed by atoms with Crippen LogP contribution < -0.4 is 15.1 Å². The predicted molar refractivity (Wildman–Crippen MR) is 93.5 cm³/mol. The van der Waals surface area contributed by atoms with Crippen molar-refractivity contribution in [3.05, 3.63) is 33.9 Å². The largest absolute Gasteiger partial charge is 0.511 e. The predicted octanol–water partition coefficient (Wildman–Crippen LogP) is 1.22. The number of likely N-dealkylation sites (N-methyl/N-ethyl adjacent to an activating group) is 1. The normalized spacial score (nSPS) is 15.2. The van der Waals surface area contributed by atoms with Gasteiger partial charge in [0, 0.05) is 32.7 Å². The van der Waals surface area contributed by atoms with E-state index in [2.05, 4.69) is 4.74 Å². The minimum absolute atomic E-state index is 0.250. The van der Waals surface area contributed by atoms with Gasteiger partial charge in [-0.1, -0.05) is 0 Å². The number of hydrogen-bond donors (Lipinski definition) is 2. The maximum absolute atomic E-state index is 15.3. The van der Waals surface area contributed by atoms with Gasteiger partial charge in [-0.15, -0.1) is 0 Å². The Kier molecular flexibility index (Phi) is 5.47. The van der Waals surface area contributed by atoms with Gasteiger partial charge in [0.2, 0.25) is 5.43 Å². The molecule has 0 atom stereocenters. The number of benzene rings is 1. The molecule has 1 aliphatic rings. The first-order valence-electron chi connectivity index (χ1n) is 8.45. The fourth-order valence-electron chi connectivity index (χ4n) is 3.26. The van der Waals surface area contributed by atoms with Crippen LogP contribution >= 0.6 is 0 Å². The summed E-state index contributed by atoms with van der Waals surface area (Å²) in [5.41, 5.74) is -2.47. The van der Waals surface area contributed by atoms with Crippen LogP contribution in [0.4, 0.5) is 23.7 Å². The van der Waals surface area contributed by atoms with Crippen molar-refractivity contribution in [3.8, 4) is 5.75 Å². The third-order valence-corrected chi connectivity index (χ3v) is 4.64. The molecule has 11 heteroatoms. The van der Waals surface area contributed by atoms with Crippen molar-refractivity contribution < 1.29 is 32.9 Å². The van der Waals surface area contributed by atoms with Crippen LogP contribution in [0.15, 0.2) is 11.0 Å². The lowest BCUT2D eigenvalue weighted by atomic mass is 10.1. The number of aromatic nitrogens is 1. The highest BCUT2D eigenvalue weighted by molar-refractivity contribution is 5.86. The number of hydrogen-bond acceptors (Lipinski definition) is 6. The topological polar surface area (TPSA) is 95.2 Å². The average Bonchev–Trinajstić information content (AvgIpc) is 2.63. The number of piperazine rings is 1. The Bertz CT molecular complexity index is 987. The fourth-order valence-corrected chi connectivity index (χ4v) is 3.26. The molecule has 0 amide bonds. The number of fused-ring (bicyclic) bond motifs is 1. The molecule has 0 unspecified atom stereocenters. The lowest BCUT2D eigenvalue weighted by molar-refractivity contribution is 0.143. The number of anilines is 1. The number of rotatable bonds is 4. The van der Waals surface area contributed by atoms with E-state index in [4.69, 9.17) is 5.11 Å². The smallest absolute Gasteiger partial charge is 0.449 e. The molecule has 0 radical (unpaired) electrons. The molecule has 2 N–H and O–H groups in total. The van der Waals surface area contributed by atoms with E-state index in [1.165, 1.54) is 4.90 Å². The molecule has 1 fully saturated rings. The molecule has 8 nitrogen and oxygen atoms in total. The minimum atomic E-state index is -1.84. The van der Waals surface area contributed by atoms with E-state index in [-0.39, 0.29) is 19.6 Å². The van der Waals surface area contributed by atoms with Crippen molar-refractivity contribution in [1.29, 1.82) is 0 Å². The Hall–Kier alpha value is -2.79. The second-order valence-electron chi connectivity index (χ2n) is 6.41. The Balaban J connectivity index is 2.31. The van der Waals surface area contributed by atoms with Gasteiger partial charge in [-0.3, -0.25) is 4.79 Å². The molecule has 0 spiro atoms. The van der Waals surface area contributed by atoms with E-state index < -0.39 is 58.0 Å². The lowest BCUT2D eigenvalue weighted by Crippen LogP contribution is -2.45. The zero-order chi connectivity index (χ0) is 20.6. The number of aliphatic hydroxyl groups is 1. The van der Waals surface area contributed by atoms with Crippen molar-refractivity contribution >= 4 is 22.7 Å². The summed E-state index contributed by atoms with van der Waals surface area (Å²) in [5.74, 6) is -5.11. The summed E-state index contributed by atoms with van der Waals surface area (Å²) in [6.07, 6.45) is -0.995. The number of carbonyl (C=O) groups is 1. The Labute approximate surface area is 156 Å². The summed E-state index contributed by atoms with van der Waals surface area (Å²) in [6.45, 7) is 0.698. The highest BCUT2D eigenvalue weighted by atomic mass is 19.2. The molecule has 0 aliphatic carbocycles. The third-order valence-electron chi connectivity index (χ3n) is 4.64. The van der Waals surface area contributed by atoms with Crippen molar-refractivity contribution in [2.45, 2.75) is 6.54 Å². The third kappa shape index (κ3) is 3.38. The van der Waals surface area contributed by atoms with E-state index in [9.17, 15) is 23.5 Å². The highest BCUT2D eigenvalue weighted by Crippen LogP contribution is 2.33. The number of ether oxygens (including phenoxy) is 1. The highest BCUT2D eigenvalue weighted by Gasteiger charge is 2.30. The minimum Gasteiger partial charge on any atom is -0.449 e. The van der Waals surface area contributed by atoms with Gasteiger partial charge in [0.25, 0.3) is 0 Å². The van der Waals surface area contributed by atoms with Crippen molar-refractivity contribution in [1.82, 2.24) is 9.47 Å². The summed E-state index contributed by atoms with van der Waals surface area (Å²) in [6, 6.07) is 0. The van der Waals surface area contributed by atoms with E-state index in [0.29, 0.717) is 13.1 Å². The SMILES string of the molecule is CN1CCN(c2c(F)c(F)c3c(=O)c(OC(=O)O)cn(CCO)c3c2F)CC1. The van der Waals surface area contributed by atoms with E-state index >= 15 is 4.39 Å². The van der Waals surface area contributed by atoms with Gasteiger partial charge in [0.15, 0.2) is 23.2 Å². The molecular weight excluding hydrogens is 383 g/mol. The molecule has 1 aromatic heterocycles. The van der Waals surface area contributed by atoms with Crippen LogP contribution in [0, 0.1) is 17.5 Å². The summed E-state index contributed by atoms with van der Waals surface area (Å²) >= 11 is 0. The molecule has 1 aromatic carbocycles. The summed E-state index contributed by atoms with van der Waals surface area (Å²) in [7, 11) is 1.84. The van der Waals surface area contributed by atoms with E-state index in [1.54, 1.807) is 0 Å². The second kappa shape index (κ2) is 7.68.